The van der Waals surface area contributed by atoms with Gasteiger partial charge in [0.2, 0.25) is 0 Å². The number of nitrogens with two attached hydrogens (primary N) is 1. The predicted octanol–water partition coefficient (Wildman–Crippen LogP) is 1.91. The molecule has 0 bridgehead atoms. The Hall–Kier alpha value is -1.81. The second-order valence-electron chi connectivity index (χ2n) is 4.23. The van der Waals surface area contributed by atoms with E-state index in [0.29, 0.717) is 11.6 Å². The monoisotopic (exact) mass is 216 g/mol. The van der Waals surface area contributed by atoms with E-state index in [1.54, 1.807) is 6.07 Å². The summed E-state index contributed by atoms with van der Waals surface area (Å²) in [7, 11) is 0. The van der Waals surface area contributed by atoms with Gasteiger partial charge in [0.25, 0.3) is 0 Å². The number of aromatic nitrogens is 1. The Balaban J connectivity index is 2.02. The second kappa shape index (κ2) is 3.09. The van der Waals surface area contributed by atoms with E-state index >= 15 is 0 Å². The van der Waals surface area contributed by atoms with Crippen LogP contribution >= 0.6 is 0 Å². The van der Waals surface area contributed by atoms with Gasteiger partial charge in [0.1, 0.15) is 0 Å². The van der Waals surface area contributed by atoms with Crippen molar-refractivity contribution < 1.29 is 9.63 Å². The van der Waals surface area contributed by atoms with Gasteiger partial charge in [-0.2, -0.15) is 0 Å². The van der Waals surface area contributed by atoms with Crippen molar-refractivity contribution in [3.8, 4) is 11.3 Å². The Kier molecular flexibility index (Phi) is 1.82. The van der Waals surface area contributed by atoms with Crippen LogP contribution in [0.1, 0.15) is 18.4 Å². The molecule has 16 heavy (non-hydrogen) atoms. The van der Waals surface area contributed by atoms with Crippen LogP contribution in [0, 0.1) is 0 Å². The number of hydrogen-bond acceptors (Lipinski definition) is 4. The summed E-state index contributed by atoms with van der Waals surface area (Å²) in [6, 6.07) is 9.34. The Morgan fingerprint density at radius 3 is 2.75 bits per heavy atom. The minimum atomic E-state index is -0.623. The molecule has 0 spiro atoms. The average molecular weight is 216 g/mol. The van der Waals surface area contributed by atoms with Gasteiger partial charge in [-0.05, 0) is 24.5 Å². The summed E-state index contributed by atoms with van der Waals surface area (Å²) in [5, 5.41) is 13.6. The molecule has 4 heteroatoms. The summed E-state index contributed by atoms with van der Waals surface area (Å²) in [5.74, 6) is 0.995. The number of rotatable bonds is 2. The number of nitrogen functional groups attached to an aromatic ring is 1. The quantitative estimate of drug-likeness (QED) is 0.804. The first-order valence-electron chi connectivity index (χ1n) is 5.23. The van der Waals surface area contributed by atoms with E-state index in [2.05, 4.69) is 5.16 Å². The molecule has 1 aromatic heterocycles. The number of aliphatic hydroxyl groups is 1. The number of hydrogen-bond donors (Lipinski definition) is 2. The van der Waals surface area contributed by atoms with Crippen LogP contribution in [0.5, 0.6) is 0 Å². The van der Waals surface area contributed by atoms with Gasteiger partial charge in [-0.3, -0.25) is 0 Å². The van der Waals surface area contributed by atoms with Gasteiger partial charge in [0.15, 0.2) is 11.6 Å². The number of anilines is 1. The Morgan fingerprint density at radius 1 is 1.31 bits per heavy atom. The van der Waals surface area contributed by atoms with Gasteiger partial charge in [-0.15, -0.1) is 0 Å². The van der Waals surface area contributed by atoms with Crippen molar-refractivity contribution in [1.29, 1.82) is 0 Å². The molecule has 0 amide bonds. The van der Waals surface area contributed by atoms with E-state index in [-0.39, 0.29) is 0 Å². The lowest BCUT2D eigenvalue weighted by atomic mass is 10.0. The van der Waals surface area contributed by atoms with Crippen molar-refractivity contribution in [1.82, 2.24) is 5.16 Å². The standard InChI is InChI=1S/C12H12N2O2/c13-11-7-10(16-14-11)8-2-1-3-9(6-8)12(15)4-5-12/h1-3,6-7,15H,4-5H2,(H2,13,14). The fourth-order valence-corrected chi connectivity index (χ4v) is 1.79. The summed E-state index contributed by atoms with van der Waals surface area (Å²) in [4.78, 5) is 0. The lowest BCUT2D eigenvalue weighted by molar-refractivity contribution is 0.151. The van der Waals surface area contributed by atoms with Crippen molar-refractivity contribution >= 4 is 5.82 Å². The van der Waals surface area contributed by atoms with E-state index < -0.39 is 5.60 Å². The molecule has 0 saturated heterocycles. The minimum absolute atomic E-state index is 0.366. The van der Waals surface area contributed by atoms with Crippen LogP contribution in [-0.4, -0.2) is 10.3 Å². The third-order valence-electron chi connectivity index (χ3n) is 2.94. The van der Waals surface area contributed by atoms with Crippen LogP contribution in [0.3, 0.4) is 0 Å². The summed E-state index contributed by atoms with van der Waals surface area (Å²) in [6.07, 6.45) is 1.66. The van der Waals surface area contributed by atoms with Crippen molar-refractivity contribution in [2.24, 2.45) is 0 Å². The molecule has 3 rings (SSSR count). The van der Waals surface area contributed by atoms with Gasteiger partial charge >= 0.3 is 0 Å². The Labute approximate surface area is 92.7 Å². The fourth-order valence-electron chi connectivity index (χ4n) is 1.79. The maximum Gasteiger partial charge on any atom is 0.169 e. The van der Waals surface area contributed by atoms with Crippen molar-refractivity contribution in [3.63, 3.8) is 0 Å². The smallest absolute Gasteiger partial charge is 0.169 e. The molecular weight excluding hydrogens is 204 g/mol. The molecule has 0 unspecified atom stereocenters. The van der Waals surface area contributed by atoms with Crippen molar-refractivity contribution in [2.45, 2.75) is 18.4 Å². The first-order valence-corrected chi connectivity index (χ1v) is 5.23. The molecule has 1 aliphatic rings. The van der Waals surface area contributed by atoms with Gasteiger partial charge in [-0.25, -0.2) is 0 Å². The zero-order valence-electron chi connectivity index (χ0n) is 8.68. The Bertz CT molecular complexity index is 529. The van der Waals surface area contributed by atoms with Crippen LogP contribution in [0.4, 0.5) is 5.82 Å². The molecule has 1 aromatic carbocycles. The van der Waals surface area contributed by atoms with Gasteiger partial charge in [0.05, 0.1) is 5.60 Å². The van der Waals surface area contributed by atoms with E-state index in [4.69, 9.17) is 10.3 Å². The lowest BCUT2D eigenvalue weighted by Crippen LogP contribution is -2.03. The normalized spacial score (nSPS) is 17.3. The average Bonchev–Trinajstić information content (AvgIpc) is 2.89. The highest BCUT2D eigenvalue weighted by Gasteiger charge is 2.42. The van der Waals surface area contributed by atoms with E-state index in [1.807, 2.05) is 24.3 Å². The van der Waals surface area contributed by atoms with E-state index in [0.717, 1.165) is 24.0 Å². The van der Waals surface area contributed by atoms with Gasteiger partial charge in [-0.1, -0.05) is 23.4 Å². The lowest BCUT2D eigenvalue weighted by Gasteiger charge is -2.08. The summed E-state index contributed by atoms with van der Waals surface area (Å²) < 4.78 is 5.08. The summed E-state index contributed by atoms with van der Waals surface area (Å²) in [5.41, 5.74) is 6.70. The minimum Gasteiger partial charge on any atom is -0.385 e. The molecule has 1 fully saturated rings. The topological polar surface area (TPSA) is 72.3 Å². The molecule has 2 aromatic rings. The highest BCUT2D eigenvalue weighted by atomic mass is 16.5. The van der Waals surface area contributed by atoms with Crippen LogP contribution < -0.4 is 5.73 Å². The molecule has 1 saturated carbocycles. The first-order chi connectivity index (χ1) is 7.67. The first kappa shape index (κ1) is 9.42. The fraction of sp³-hybridized carbons (Fsp3) is 0.250. The van der Waals surface area contributed by atoms with Crippen LogP contribution in [0.25, 0.3) is 11.3 Å². The molecule has 4 nitrogen and oxygen atoms in total. The van der Waals surface area contributed by atoms with Crippen LogP contribution in [-0.2, 0) is 5.60 Å². The van der Waals surface area contributed by atoms with Crippen LogP contribution in [0.15, 0.2) is 34.9 Å². The maximum atomic E-state index is 10.0. The SMILES string of the molecule is Nc1cc(-c2cccc(C3(O)CC3)c2)on1. The maximum absolute atomic E-state index is 10.0. The van der Waals surface area contributed by atoms with Crippen molar-refractivity contribution in [3.05, 3.63) is 35.9 Å². The number of nitrogens with zero attached hydrogens (tertiary/aromatic N) is 1. The molecular formula is C12H12N2O2. The largest absolute Gasteiger partial charge is 0.385 e. The molecule has 1 heterocycles. The number of benzene rings is 1. The van der Waals surface area contributed by atoms with Crippen LogP contribution in [0.2, 0.25) is 0 Å². The highest BCUT2D eigenvalue weighted by Crippen LogP contribution is 2.45. The van der Waals surface area contributed by atoms with Gasteiger partial charge < -0.3 is 15.4 Å². The Morgan fingerprint density at radius 2 is 2.12 bits per heavy atom. The van der Waals surface area contributed by atoms with Crippen molar-refractivity contribution in [2.75, 3.05) is 5.73 Å². The second-order valence-corrected chi connectivity index (χ2v) is 4.23. The molecule has 0 atom stereocenters. The van der Waals surface area contributed by atoms with E-state index in [1.165, 1.54) is 0 Å². The molecule has 3 N–H and O–H groups in total. The van der Waals surface area contributed by atoms with Gasteiger partial charge in [0, 0.05) is 11.6 Å². The molecule has 0 aliphatic heterocycles. The summed E-state index contributed by atoms with van der Waals surface area (Å²) in [6.45, 7) is 0. The molecule has 82 valence electrons. The zero-order valence-corrected chi connectivity index (χ0v) is 8.68. The summed E-state index contributed by atoms with van der Waals surface area (Å²) >= 11 is 0. The molecule has 0 radical (unpaired) electrons. The predicted molar refractivity (Wildman–Crippen MR) is 59.5 cm³/mol. The third-order valence-corrected chi connectivity index (χ3v) is 2.94. The highest BCUT2D eigenvalue weighted by molar-refractivity contribution is 5.61. The third kappa shape index (κ3) is 1.47. The molecule has 1 aliphatic carbocycles. The zero-order chi connectivity index (χ0) is 11.2. The van der Waals surface area contributed by atoms with E-state index in [9.17, 15) is 5.11 Å².